The molecule has 0 bridgehead atoms. The van der Waals surface area contributed by atoms with Crippen LogP contribution in [-0.2, 0) is 0 Å². The fourth-order valence-electron chi connectivity index (χ4n) is 4.77. The van der Waals surface area contributed by atoms with Crippen LogP contribution in [-0.4, -0.2) is 14.7 Å². The van der Waals surface area contributed by atoms with Crippen molar-refractivity contribution in [3.8, 4) is 5.75 Å². The Morgan fingerprint density at radius 3 is 2.19 bits per heavy atom. The number of hydrogen-bond donors (Lipinski definition) is 0. The minimum Gasteiger partial charge on any atom is -0.491 e. The second-order valence-electron chi connectivity index (χ2n) is 8.13. The summed E-state index contributed by atoms with van der Waals surface area (Å²) < 4.78 is 33.7. The smallest absolute Gasteiger partial charge is 0.200 e. The lowest BCUT2D eigenvalue weighted by molar-refractivity contribution is 0.275. The van der Waals surface area contributed by atoms with E-state index in [1.54, 1.807) is 19.1 Å². The number of halogens is 3. The Kier molecular flexibility index (Phi) is 7.39. The molecule has 1 aliphatic carbocycles. The van der Waals surface area contributed by atoms with Gasteiger partial charge in [0.1, 0.15) is 8.11 Å². The van der Waals surface area contributed by atoms with Gasteiger partial charge in [-0.25, -0.2) is 4.39 Å². The summed E-state index contributed by atoms with van der Waals surface area (Å²) in [6, 6.07) is 5.92. The van der Waals surface area contributed by atoms with Crippen LogP contribution in [0.5, 0.6) is 5.75 Å². The Morgan fingerprint density at radius 2 is 1.58 bits per heavy atom. The normalized spacial score (nSPS) is 29.5. The molecule has 1 aliphatic heterocycles. The van der Waals surface area contributed by atoms with E-state index >= 15 is 0 Å². The summed E-state index contributed by atoms with van der Waals surface area (Å²) in [5.74, 6) is 0.276. The highest BCUT2D eigenvalue weighted by molar-refractivity contribution is 7.07. The Morgan fingerprint density at radius 1 is 0.962 bits per heavy atom. The molecule has 0 atom stereocenters. The van der Waals surface area contributed by atoms with E-state index in [0.717, 1.165) is 37.5 Å². The number of ether oxygens (including phenoxy) is 1. The van der Waals surface area contributed by atoms with E-state index < -0.39 is 19.7 Å². The maximum absolute atomic E-state index is 14.4. The number of benzene rings is 1. The SMILES string of the molecule is CCOc1ccc(C2CCC(CCC3CC[SiH](Cl)CC3)CC2)c(F)c1F. The first-order valence-electron chi connectivity index (χ1n) is 10.3. The van der Waals surface area contributed by atoms with Gasteiger partial charge in [-0.15, -0.1) is 0 Å². The van der Waals surface area contributed by atoms with Crippen LogP contribution in [0.4, 0.5) is 8.78 Å². The van der Waals surface area contributed by atoms with E-state index in [0.29, 0.717) is 12.2 Å². The van der Waals surface area contributed by atoms with E-state index in [9.17, 15) is 8.78 Å². The maximum Gasteiger partial charge on any atom is 0.200 e. The predicted molar refractivity (Wildman–Crippen MR) is 107 cm³/mol. The van der Waals surface area contributed by atoms with E-state index in [1.165, 1.54) is 37.8 Å². The topological polar surface area (TPSA) is 9.23 Å². The fourth-order valence-corrected chi connectivity index (χ4v) is 7.48. The first kappa shape index (κ1) is 20.1. The van der Waals surface area contributed by atoms with E-state index in [1.807, 2.05) is 0 Å². The Labute approximate surface area is 162 Å². The summed E-state index contributed by atoms with van der Waals surface area (Å²) >= 11 is 6.33. The summed E-state index contributed by atoms with van der Waals surface area (Å²) in [6.45, 7) is 2.12. The van der Waals surface area contributed by atoms with Gasteiger partial charge in [0.2, 0.25) is 5.82 Å². The van der Waals surface area contributed by atoms with Crippen LogP contribution in [0.1, 0.15) is 69.8 Å². The molecule has 0 aromatic heterocycles. The van der Waals surface area contributed by atoms with Gasteiger partial charge < -0.3 is 4.74 Å². The highest BCUT2D eigenvalue weighted by atomic mass is 35.6. The minimum atomic E-state index is -0.856. The third kappa shape index (κ3) is 5.01. The van der Waals surface area contributed by atoms with Gasteiger partial charge in [-0.3, -0.25) is 0 Å². The van der Waals surface area contributed by atoms with Crippen molar-refractivity contribution in [1.29, 1.82) is 0 Å². The highest BCUT2D eigenvalue weighted by Crippen LogP contribution is 2.41. The third-order valence-corrected chi connectivity index (χ3v) is 9.65. The Balaban J connectivity index is 1.48. The largest absolute Gasteiger partial charge is 0.491 e. The molecule has 2 aliphatic rings. The summed E-state index contributed by atoms with van der Waals surface area (Å²) in [5.41, 5.74) is 0.537. The van der Waals surface area contributed by atoms with E-state index in [-0.39, 0.29) is 11.7 Å². The van der Waals surface area contributed by atoms with Crippen LogP contribution in [0.25, 0.3) is 0 Å². The van der Waals surface area contributed by atoms with Crippen LogP contribution >= 0.6 is 11.1 Å². The molecule has 5 heteroatoms. The summed E-state index contributed by atoms with van der Waals surface area (Å²) in [7, 11) is -0.856. The van der Waals surface area contributed by atoms with Gasteiger partial charge in [0.15, 0.2) is 11.6 Å². The van der Waals surface area contributed by atoms with Crippen molar-refractivity contribution in [1.82, 2.24) is 0 Å². The molecule has 1 saturated heterocycles. The van der Waals surface area contributed by atoms with Crippen LogP contribution < -0.4 is 4.74 Å². The second-order valence-corrected chi connectivity index (χ2v) is 12.3. The molecule has 0 unspecified atom stereocenters. The fraction of sp³-hybridized carbons (Fsp3) is 0.714. The molecule has 0 N–H and O–H groups in total. The molecule has 2 fully saturated rings. The molecule has 26 heavy (non-hydrogen) atoms. The van der Waals surface area contributed by atoms with Crippen molar-refractivity contribution in [3.05, 3.63) is 29.3 Å². The summed E-state index contributed by atoms with van der Waals surface area (Å²) in [6.07, 6.45) is 9.52. The molecule has 0 amide bonds. The zero-order valence-corrected chi connectivity index (χ0v) is 17.7. The molecule has 1 aromatic rings. The predicted octanol–water partition coefficient (Wildman–Crippen LogP) is 6.79. The van der Waals surface area contributed by atoms with Gasteiger partial charge in [0, 0.05) is 0 Å². The lowest BCUT2D eigenvalue weighted by Crippen LogP contribution is -2.19. The quantitative estimate of drug-likeness (QED) is 0.377. The lowest BCUT2D eigenvalue weighted by Gasteiger charge is -2.31. The third-order valence-electron chi connectivity index (χ3n) is 6.42. The molecule has 1 heterocycles. The van der Waals surface area contributed by atoms with Gasteiger partial charge in [0.25, 0.3) is 0 Å². The molecule has 1 aromatic carbocycles. The Hall–Kier alpha value is -0.613. The molecule has 146 valence electrons. The van der Waals surface area contributed by atoms with Crippen molar-refractivity contribution in [2.24, 2.45) is 11.8 Å². The van der Waals surface area contributed by atoms with E-state index in [4.69, 9.17) is 15.8 Å². The van der Waals surface area contributed by atoms with Crippen LogP contribution in [0.3, 0.4) is 0 Å². The monoisotopic (exact) mass is 400 g/mol. The molecule has 0 radical (unpaired) electrons. The van der Waals surface area contributed by atoms with Gasteiger partial charge >= 0.3 is 0 Å². The summed E-state index contributed by atoms with van der Waals surface area (Å²) in [4.78, 5) is 0. The van der Waals surface area contributed by atoms with Crippen molar-refractivity contribution in [3.63, 3.8) is 0 Å². The average molecular weight is 401 g/mol. The zero-order chi connectivity index (χ0) is 18.5. The summed E-state index contributed by atoms with van der Waals surface area (Å²) in [5, 5.41) is 0. The van der Waals surface area contributed by atoms with Crippen LogP contribution in [0.2, 0.25) is 12.1 Å². The highest BCUT2D eigenvalue weighted by Gasteiger charge is 2.28. The minimum absolute atomic E-state index is 0.0252. The van der Waals surface area contributed by atoms with Crippen LogP contribution in [0.15, 0.2) is 12.1 Å². The average Bonchev–Trinajstić information content (AvgIpc) is 2.66. The Bertz CT molecular complexity index is 582. The van der Waals surface area contributed by atoms with Gasteiger partial charge in [0.05, 0.1) is 6.61 Å². The van der Waals surface area contributed by atoms with Crippen molar-refractivity contribution in [2.75, 3.05) is 6.61 Å². The molecule has 1 nitrogen and oxygen atoms in total. The van der Waals surface area contributed by atoms with Crippen molar-refractivity contribution < 1.29 is 13.5 Å². The molecule has 3 rings (SSSR count). The van der Waals surface area contributed by atoms with Gasteiger partial charge in [-0.2, -0.15) is 15.5 Å². The molecular formula is C21H31ClF2OSi. The molecule has 1 saturated carbocycles. The zero-order valence-electron chi connectivity index (χ0n) is 15.8. The van der Waals surface area contributed by atoms with Gasteiger partial charge in [-0.05, 0) is 74.1 Å². The molecular weight excluding hydrogens is 370 g/mol. The molecule has 0 spiro atoms. The maximum atomic E-state index is 14.4. The van der Waals surface area contributed by atoms with Crippen LogP contribution in [0, 0.1) is 23.5 Å². The lowest BCUT2D eigenvalue weighted by atomic mass is 9.76. The van der Waals surface area contributed by atoms with Gasteiger partial charge in [-0.1, -0.05) is 31.7 Å². The number of rotatable bonds is 6. The first-order valence-corrected chi connectivity index (χ1v) is 13.7. The number of hydrogen-bond acceptors (Lipinski definition) is 1. The standard InChI is InChI=1S/C21H31ClF2OSi/c1-2-25-19-10-9-18(20(23)21(19)24)17-7-5-15(6-8-17)3-4-16-11-13-26(22)14-12-16/h9-10,15-17,26H,2-8,11-14H2,1H3. The van der Waals surface area contributed by atoms with Crippen molar-refractivity contribution >= 4 is 19.2 Å². The second kappa shape index (κ2) is 9.54. The van der Waals surface area contributed by atoms with E-state index in [2.05, 4.69) is 0 Å². The van der Waals surface area contributed by atoms with Crippen molar-refractivity contribution in [2.45, 2.75) is 76.3 Å². The first-order chi connectivity index (χ1) is 12.6.